The lowest BCUT2D eigenvalue weighted by molar-refractivity contribution is 0.0980. The number of nitrogens with zero attached hydrogens (tertiary/aromatic N) is 5. The van der Waals surface area contributed by atoms with E-state index in [2.05, 4.69) is 19.9 Å². The molecule has 0 unspecified atom stereocenters. The van der Waals surface area contributed by atoms with E-state index in [9.17, 15) is 4.79 Å². The molecule has 27 heavy (non-hydrogen) atoms. The predicted molar refractivity (Wildman–Crippen MR) is 106 cm³/mol. The van der Waals surface area contributed by atoms with Crippen molar-refractivity contribution in [2.24, 2.45) is 0 Å². The topological polar surface area (TPSA) is 71.9 Å². The Hall–Kier alpha value is -2.90. The zero-order chi connectivity index (χ0) is 18.8. The van der Waals surface area contributed by atoms with E-state index in [1.165, 1.54) is 29.9 Å². The van der Waals surface area contributed by atoms with Crippen molar-refractivity contribution >= 4 is 44.2 Å². The molecule has 0 saturated carbocycles. The van der Waals surface area contributed by atoms with E-state index in [0.717, 1.165) is 21.3 Å². The van der Waals surface area contributed by atoms with Gasteiger partial charge >= 0.3 is 0 Å². The molecule has 8 heteroatoms. The number of carbonyl (C=O) groups is 1. The fourth-order valence-electron chi connectivity index (χ4n) is 2.65. The number of halogens is 1. The Bertz CT molecular complexity index is 1100. The molecule has 134 valence electrons. The third kappa shape index (κ3) is 3.51. The van der Waals surface area contributed by atoms with Crippen molar-refractivity contribution in [2.45, 2.75) is 13.5 Å². The van der Waals surface area contributed by atoms with Crippen LogP contribution in [-0.2, 0) is 6.54 Å². The van der Waals surface area contributed by atoms with E-state index in [1.54, 1.807) is 17.3 Å². The summed E-state index contributed by atoms with van der Waals surface area (Å²) in [7, 11) is 0. The third-order valence-electron chi connectivity index (χ3n) is 4.06. The average Bonchev–Trinajstić information content (AvgIpc) is 3.15. The first-order chi connectivity index (χ1) is 13.1. The SMILES string of the molecule is Cc1c(Cl)ccc2sc(N(Cc3cccnc3)C(=O)c3cnccn3)nc12. The molecule has 0 bridgehead atoms. The van der Waals surface area contributed by atoms with Crippen LogP contribution in [0.15, 0.2) is 55.2 Å². The van der Waals surface area contributed by atoms with Gasteiger partial charge in [0.15, 0.2) is 5.13 Å². The highest BCUT2D eigenvalue weighted by atomic mass is 35.5. The third-order valence-corrected chi connectivity index (χ3v) is 5.51. The van der Waals surface area contributed by atoms with Crippen LogP contribution in [0.1, 0.15) is 21.6 Å². The highest BCUT2D eigenvalue weighted by Gasteiger charge is 2.23. The molecule has 4 aromatic rings. The molecule has 6 nitrogen and oxygen atoms in total. The number of rotatable bonds is 4. The van der Waals surface area contributed by atoms with Crippen molar-refractivity contribution in [3.05, 3.63) is 77.1 Å². The van der Waals surface area contributed by atoms with Gasteiger partial charge in [-0.25, -0.2) is 9.97 Å². The molecule has 3 aromatic heterocycles. The molecule has 0 fully saturated rings. The minimum absolute atomic E-state index is 0.260. The van der Waals surface area contributed by atoms with Gasteiger partial charge in [-0.05, 0) is 36.2 Å². The van der Waals surface area contributed by atoms with Crippen LogP contribution in [-0.4, -0.2) is 25.8 Å². The summed E-state index contributed by atoms with van der Waals surface area (Å²) in [6.45, 7) is 2.25. The minimum atomic E-state index is -0.269. The highest BCUT2D eigenvalue weighted by molar-refractivity contribution is 7.22. The van der Waals surface area contributed by atoms with Gasteiger partial charge in [-0.1, -0.05) is 29.0 Å². The number of thiazole rings is 1. The Balaban J connectivity index is 1.80. The van der Waals surface area contributed by atoms with E-state index >= 15 is 0 Å². The van der Waals surface area contributed by atoms with E-state index in [4.69, 9.17) is 11.6 Å². The summed E-state index contributed by atoms with van der Waals surface area (Å²) in [6.07, 6.45) is 7.91. The molecule has 0 N–H and O–H groups in total. The molecule has 0 spiro atoms. The van der Waals surface area contributed by atoms with Crippen LogP contribution in [0.4, 0.5) is 5.13 Å². The van der Waals surface area contributed by atoms with Crippen molar-refractivity contribution in [3.8, 4) is 0 Å². The average molecular weight is 396 g/mol. The van der Waals surface area contributed by atoms with Gasteiger partial charge in [0.25, 0.3) is 5.91 Å². The summed E-state index contributed by atoms with van der Waals surface area (Å²) < 4.78 is 0.968. The van der Waals surface area contributed by atoms with Gasteiger partial charge < -0.3 is 0 Å². The maximum atomic E-state index is 13.1. The summed E-state index contributed by atoms with van der Waals surface area (Å²) in [5.74, 6) is -0.269. The molecule has 0 aliphatic heterocycles. The van der Waals surface area contributed by atoms with Gasteiger partial charge in [0.1, 0.15) is 5.69 Å². The Kier molecular flexibility index (Phi) is 4.79. The summed E-state index contributed by atoms with van der Waals surface area (Å²) >= 11 is 7.66. The van der Waals surface area contributed by atoms with Crippen molar-refractivity contribution in [1.29, 1.82) is 0 Å². The van der Waals surface area contributed by atoms with Crippen LogP contribution in [0.25, 0.3) is 10.2 Å². The van der Waals surface area contributed by atoms with Crippen molar-refractivity contribution in [1.82, 2.24) is 19.9 Å². The summed E-state index contributed by atoms with van der Waals surface area (Å²) in [6, 6.07) is 7.51. The second-order valence-corrected chi connectivity index (χ2v) is 7.28. The number of carbonyl (C=O) groups excluding carboxylic acids is 1. The second kappa shape index (κ2) is 7.38. The summed E-state index contributed by atoms with van der Waals surface area (Å²) in [4.78, 5) is 31.7. The van der Waals surface area contributed by atoms with Gasteiger partial charge in [-0.2, -0.15) is 0 Å². The number of fused-ring (bicyclic) bond motifs is 1. The summed E-state index contributed by atoms with van der Waals surface area (Å²) in [5.41, 5.74) is 2.84. The monoisotopic (exact) mass is 395 g/mol. The predicted octanol–water partition coefficient (Wildman–Crippen LogP) is 4.29. The van der Waals surface area contributed by atoms with E-state index in [-0.39, 0.29) is 11.6 Å². The van der Waals surface area contributed by atoms with Crippen LogP contribution >= 0.6 is 22.9 Å². The maximum absolute atomic E-state index is 13.1. The zero-order valence-electron chi connectivity index (χ0n) is 14.3. The van der Waals surface area contributed by atoms with Crippen molar-refractivity contribution in [3.63, 3.8) is 0 Å². The van der Waals surface area contributed by atoms with Gasteiger partial charge in [0, 0.05) is 29.8 Å². The quantitative estimate of drug-likeness (QED) is 0.515. The number of benzene rings is 1. The number of hydrogen-bond donors (Lipinski definition) is 0. The lowest BCUT2D eigenvalue weighted by Gasteiger charge is -2.19. The van der Waals surface area contributed by atoms with Gasteiger partial charge in [-0.3, -0.25) is 19.7 Å². The van der Waals surface area contributed by atoms with Gasteiger partial charge in [0.2, 0.25) is 0 Å². The molecule has 4 rings (SSSR count). The van der Waals surface area contributed by atoms with Gasteiger partial charge in [0.05, 0.1) is 23.0 Å². The molecule has 1 aromatic carbocycles. The molecule has 0 radical (unpaired) electrons. The number of amides is 1. The van der Waals surface area contributed by atoms with E-state index in [0.29, 0.717) is 16.7 Å². The molecular formula is C19H14ClN5OS. The smallest absolute Gasteiger partial charge is 0.278 e. The molecule has 0 aliphatic carbocycles. The van der Waals surface area contributed by atoms with Crippen LogP contribution in [0.5, 0.6) is 0 Å². The minimum Gasteiger partial charge on any atom is -0.278 e. The van der Waals surface area contributed by atoms with Crippen LogP contribution < -0.4 is 4.90 Å². The number of anilines is 1. The first-order valence-corrected chi connectivity index (χ1v) is 9.35. The molecule has 0 atom stereocenters. The lowest BCUT2D eigenvalue weighted by atomic mass is 10.2. The molecule has 0 aliphatic rings. The molecule has 0 saturated heterocycles. The summed E-state index contributed by atoms with van der Waals surface area (Å²) in [5, 5.41) is 1.23. The standard InChI is InChI=1S/C19H14ClN5OS/c1-12-14(20)4-5-16-17(12)24-19(27-16)25(11-13-3-2-6-21-9-13)18(26)15-10-22-7-8-23-15/h2-10H,11H2,1H3. The molecular weight excluding hydrogens is 382 g/mol. The Morgan fingerprint density at radius 3 is 2.74 bits per heavy atom. The van der Waals surface area contributed by atoms with Crippen LogP contribution in [0.3, 0.4) is 0 Å². The van der Waals surface area contributed by atoms with E-state index < -0.39 is 0 Å². The maximum Gasteiger partial charge on any atom is 0.280 e. The zero-order valence-corrected chi connectivity index (χ0v) is 15.9. The molecule has 1 amide bonds. The molecule has 3 heterocycles. The fraction of sp³-hybridized carbons (Fsp3) is 0.105. The van der Waals surface area contributed by atoms with Crippen LogP contribution in [0.2, 0.25) is 5.02 Å². The number of pyridine rings is 1. The number of aromatic nitrogens is 4. The first kappa shape index (κ1) is 17.5. The lowest BCUT2D eigenvalue weighted by Crippen LogP contribution is -2.31. The van der Waals surface area contributed by atoms with Crippen LogP contribution in [0, 0.1) is 6.92 Å². The van der Waals surface area contributed by atoms with Gasteiger partial charge in [-0.15, -0.1) is 0 Å². The van der Waals surface area contributed by atoms with E-state index in [1.807, 2.05) is 31.2 Å². The highest BCUT2D eigenvalue weighted by Crippen LogP contribution is 2.34. The van der Waals surface area contributed by atoms with Crippen molar-refractivity contribution < 1.29 is 4.79 Å². The Labute approximate surface area is 164 Å². The second-order valence-electron chi connectivity index (χ2n) is 5.86. The normalized spacial score (nSPS) is 10.9. The largest absolute Gasteiger partial charge is 0.280 e. The first-order valence-electron chi connectivity index (χ1n) is 8.16. The number of aryl methyl sites for hydroxylation is 1. The fourth-order valence-corrected chi connectivity index (χ4v) is 3.83. The van der Waals surface area contributed by atoms with Crippen molar-refractivity contribution in [2.75, 3.05) is 4.90 Å². The number of hydrogen-bond acceptors (Lipinski definition) is 6. The Morgan fingerprint density at radius 2 is 2.00 bits per heavy atom. The Morgan fingerprint density at radius 1 is 1.15 bits per heavy atom.